The van der Waals surface area contributed by atoms with E-state index in [2.05, 4.69) is 4.74 Å². The summed E-state index contributed by atoms with van der Waals surface area (Å²) in [4.78, 5) is 0. The van der Waals surface area contributed by atoms with E-state index in [1.165, 1.54) is 6.92 Å². The van der Waals surface area contributed by atoms with Crippen molar-refractivity contribution in [2.45, 2.75) is 55.1 Å². The number of alkyl halides is 15. The maximum absolute atomic E-state index is 13.5. The molecule has 0 aliphatic carbocycles. The fraction of sp³-hybridized carbons (Fsp3) is 1.00. The predicted molar refractivity (Wildman–Crippen MR) is 70.1 cm³/mol. The van der Waals surface area contributed by atoms with Gasteiger partial charge < -0.3 is 9.47 Å². The molecule has 1 aliphatic rings. The normalized spacial score (nSPS) is 19.4. The molecule has 0 aromatic carbocycles. The second-order valence-electron chi connectivity index (χ2n) is 7.18. The van der Waals surface area contributed by atoms with E-state index in [4.69, 9.17) is 4.74 Å². The molecule has 0 N–H and O–H groups in total. The van der Waals surface area contributed by atoms with Crippen LogP contribution in [0.25, 0.3) is 0 Å². The molecular formula is C14H13F15O2. The fourth-order valence-electron chi connectivity index (χ4n) is 2.21. The molecule has 1 saturated heterocycles. The Balaban J connectivity index is 3.13. The molecule has 1 aliphatic heterocycles. The molecule has 0 atom stereocenters. The zero-order valence-corrected chi connectivity index (χ0v) is 15.0. The summed E-state index contributed by atoms with van der Waals surface area (Å²) >= 11 is 0. The van der Waals surface area contributed by atoms with E-state index in [0.717, 1.165) is 0 Å². The summed E-state index contributed by atoms with van der Waals surface area (Å²) in [7, 11) is 0. The zero-order valence-electron chi connectivity index (χ0n) is 15.0. The van der Waals surface area contributed by atoms with Gasteiger partial charge in [0.05, 0.1) is 26.4 Å². The van der Waals surface area contributed by atoms with Gasteiger partial charge in [0, 0.05) is 11.8 Å². The Morgan fingerprint density at radius 1 is 0.645 bits per heavy atom. The summed E-state index contributed by atoms with van der Waals surface area (Å²) in [5.74, 6) is -46.3. The second-order valence-corrected chi connectivity index (χ2v) is 7.18. The van der Waals surface area contributed by atoms with Crippen LogP contribution in [0.15, 0.2) is 0 Å². The molecule has 186 valence electrons. The third kappa shape index (κ3) is 4.27. The molecule has 1 rings (SSSR count). The highest BCUT2D eigenvalue weighted by molar-refractivity contribution is 5.12. The Bertz CT molecular complexity index is 636. The molecule has 0 unspecified atom stereocenters. The highest BCUT2D eigenvalue weighted by Gasteiger charge is 2.93. The smallest absolute Gasteiger partial charge is 0.380 e. The van der Waals surface area contributed by atoms with Gasteiger partial charge in [-0.15, -0.1) is 0 Å². The molecule has 0 bridgehead atoms. The van der Waals surface area contributed by atoms with Gasteiger partial charge in [0.15, 0.2) is 0 Å². The topological polar surface area (TPSA) is 18.5 Å². The van der Waals surface area contributed by atoms with Crippen LogP contribution >= 0.6 is 0 Å². The van der Waals surface area contributed by atoms with Gasteiger partial charge in [0.1, 0.15) is 0 Å². The second kappa shape index (κ2) is 7.73. The summed E-state index contributed by atoms with van der Waals surface area (Å²) in [6, 6.07) is 0. The first-order valence-corrected chi connectivity index (χ1v) is 7.90. The lowest BCUT2D eigenvalue weighted by atomic mass is 9.89. The van der Waals surface area contributed by atoms with Gasteiger partial charge in [0.2, 0.25) is 0 Å². The van der Waals surface area contributed by atoms with Crippen LogP contribution < -0.4 is 0 Å². The molecule has 0 aromatic heterocycles. The van der Waals surface area contributed by atoms with Crippen LogP contribution in [0.3, 0.4) is 0 Å². The highest BCUT2D eigenvalue weighted by Crippen LogP contribution is 2.62. The largest absolute Gasteiger partial charge is 0.460 e. The zero-order chi connectivity index (χ0) is 24.9. The van der Waals surface area contributed by atoms with Crippen molar-refractivity contribution < 1.29 is 75.3 Å². The number of rotatable bonds is 10. The van der Waals surface area contributed by atoms with Gasteiger partial charge in [-0.2, -0.15) is 65.9 Å². The number of hydrogen-bond acceptors (Lipinski definition) is 2. The van der Waals surface area contributed by atoms with E-state index in [1.807, 2.05) is 0 Å². The Labute approximate surface area is 163 Å². The Hall–Kier alpha value is -1.13. The minimum absolute atomic E-state index is 0.0341. The van der Waals surface area contributed by atoms with Gasteiger partial charge in [-0.3, -0.25) is 0 Å². The van der Waals surface area contributed by atoms with E-state index in [1.54, 1.807) is 0 Å². The lowest BCUT2D eigenvalue weighted by Gasteiger charge is -2.41. The first-order chi connectivity index (χ1) is 13.4. The van der Waals surface area contributed by atoms with E-state index in [9.17, 15) is 65.9 Å². The van der Waals surface area contributed by atoms with Gasteiger partial charge >= 0.3 is 41.7 Å². The molecule has 2 nitrogen and oxygen atoms in total. The first-order valence-electron chi connectivity index (χ1n) is 7.90. The SMILES string of the molecule is CC1(COCCC(F)(F)C(F)(F)C(F)(F)C(F)(F)C(F)(F)C(F)(F)C(F)(F)F)COC1. The molecule has 1 fully saturated rings. The molecule has 0 aromatic rings. The van der Waals surface area contributed by atoms with Gasteiger partial charge in [0.25, 0.3) is 0 Å². The number of ether oxygens (including phenoxy) is 2. The van der Waals surface area contributed by atoms with Crippen molar-refractivity contribution in [3.8, 4) is 0 Å². The highest BCUT2D eigenvalue weighted by atomic mass is 19.4. The van der Waals surface area contributed by atoms with Crippen molar-refractivity contribution in [3.63, 3.8) is 0 Å². The summed E-state index contributed by atoms with van der Waals surface area (Å²) in [6.45, 7) is -0.425. The average molecular weight is 498 g/mol. The van der Waals surface area contributed by atoms with Crippen LogP contribution in [0, 0.1) is 5.41 Å². The summed E-state index contributed by atoms with van der Waals surface area (Å²) in [5, 5.41) is 0. The van der Waals surface area contributed by atoms with Crippen molar-refractivity contribution in [2.75, 3.05) is 26.4 Å². The van der Waals surface area contributed by atoms with Crippen molar-refractivity contribution in [2.24, 2.45) is 5.41 Å². The quantitative estimate of drug-likeness (QED) is 0.280. The maximum atomic E-state index is 13.5. The van der Waals surface area contributed by atoms with Crippen LogP contribution in [-0.4, -0.2) is 68.1 Å². The van der Waals surface area contributed by atoms with Gasteiger partial charge in [-0.05, 0) is 0 Å². The van der Waals surface area contributed by atoms with Gasteiger partial charge in [-0.25, -0.2) is 0 Å². The Morgan fingerprint density at radius 3 is 1.39 bits per heavy atom. The van der Waals surface area contributed by atoms with Crippen LogP contribution in [-0.2, 0) is 9.47 Å². The molecular weight excluding hydrogens is 485 g/mol. The van der Waals surface area contributed by atoms with Crippen LogP contribution in [0.2, 0.25) is 0 Å². The van der Waals surface area contributed by atoms with Crippen molar-refractivity contribution >= 4 is 0 Å². The third-order valence-corrected chi connectivity index (χ3v) is 4.30. The van der Waals surface area contributed by atoms with E-state index >= 15 is 0 Å². The standard InChI is InChI=1S/C14H13F15O2/c1-7(5-31-6-7)4-30-3-2-8(15,16)9(17,18)10(19,20)11(21,22)12(23,24)13(25,26)14(27,28)29/h2-6H2,1H3. The fourth-order valence-corrected chi connectivity index (χ4v) is 2.21. The van der Waals surface area contributed by atoms with Crippen molar-refractivity contribution in [3.05, 3.63) is 0 Å². The summed E-state index contributed by atoms with van der Waals surface area (Å²) < 4.78 is 204. The van der Waals surface area contributed by atoms with Crippen molar-refractivity contribution in [1.29, 1.82) is 0 Å². The molecule has 31 heavy (non-hydrogen) atoms. The van der Waals surface area contributed by atoms with Gasteiger partial charge in [-0.1, -0.05) is 6.92 Å². The Morgan fingerprint density at radius 2 is 1.03 bits per heavy atom. The predicted octanol–water partition coefficient (Wildman–Crippen LogP) is 5.80. The minimum Gasteiger partial charge on any atom is -0.380 e. The lowest BCUT2D eigenvalue weighted by molar-refractivity contribution is -0.452. The van der Waals surface area contributed by atoms with Crippen LogP contribution in [0.5, 0.6) is 0 Å². The molecule has 1 heterocycles. The molecule has 17 heteroatoms. The average Bonchev–Trinajstić information content (AvgIpc) is 2.55. The summed E-state index contributed by atoms with van der Waals surface area (Å²) in [5.41, 5.74) is -0.764. The molecule has 0 spiro atoms. The number of hydrogen-bond donors (Lipinski definition) is 0. The maximum Gasteiger partial charge on any atom is 0.460 e. The van der Waals surface area contributed by atoms with E-state index < -0.39 is 66.8 Å². The lowest BCUT2D eigenvalue weighted by Crippen LogP contribution is -2.72. The van der Waals surface area contributed by atoms with Crippen LogP contribution in [0.4, 0.5) is 65.9 Å². The van der Waals surface area contributed by atoms with E-state index in [0.29, 0.717) is 0 Å². The minimum atomic E-state index is -8.26. The molecule has 0 saturated carbocycles. The Kier molecular flexibility index (Phi) is 6.96. The molecule has 0 amide bonds. The number of halogens is 15. The molecule has 0 radical (unpaired) electrons. The summed E-state index contributed by atoms with van der Waals surface area (Å²) in [6.07, 6.45) is -10.1. The van der Waals surface area contributed by atoms with Crippen molar-refractivity contribution in [1.82, 2.24) is 0 Å². The first kappa shape index (κ1) is 27.9. The van der Waals surface area contributed by atoms with Crippen LogP contribution in [0.1, 0.15) is 13.3 Å². The van der Waals surface area contributed by atoms with E-state index in [-0.39, 0.29) is 13.2 Å². The third-order valence-electron chi connectivity index (χ3n) is 4.30. The monoisotopic (exact) mass is 498 g/mol.